The zero-order chi connectivity index (χ0) is 20.1. The average Bonchev–Trinajstić information content (AvgIpc) is 2.69. The predicted molar refractivity (Wildman–Crippen MR) is 107 cm³/mol. The highest BCUT2D eigenvalue weighted by atomic mass is 32.2. The Morgan fingerprint density at radius 1 is 0.857 bits per heavy atom. The van der Waals surface area contributed by atoms with Crippen LogP contribution >= 0.6 is 0 Å². The lowest BCUT2D eigenvalue weighted by atomic mass is 10.1. The number of hydrogen-bond acceptors (Lipinski definition) is 3. The maximum Gasteiger partial charge on any atom is 0.335 e. The second-order valence-corrected chi connectivity index (χ2v) is 8.44. The molecule has 0 aromatic heterocycles. The molecule has 0 spiro atoms. The van der Waals surface area contributed by atoms with Crippen LogP contribution in [0.5, 0.6) is 0 Å². The van der Waals surface area contributed by atoms with Gasteiger partial charge in [-0.15, -0.1) is 0 Å². The van der Waals surface area contributed by atoms with Crippen molar-refractivity contribution in [3.8, 4) is 0 Å². The van der Waals surface area contributed by atoms with E-state index in [2.05, 4.69) is 0 Å². The molecule has 1 N–H and O–H groups in total. The Hall–Kier alpha value is -2.96. The lowest BCUT2D eigenvalue weighted by molar-refractivity contribution is 0.0696. The molecule has 0 fully saturated rings. The van der Waals surface area contributed by atoms with Gasteiger partial charge in [-0.3, -0.25) is 0 Å². The fourth-order valence-corrected chi connectivity index (χ4v) is 4.62. The molecule has 0 saturated carbocycles. The predicted octanol–water partition coefficient (Wildman–Crippen LogP) is 4.08. The van der Waals surface area contributed by atoms with Crippen molar-refractivity contribution in [1.29, 1.82) is 0 Å². The number of aromatic carboxylic acids is 1. The van der Waals surface area contributed by atoms with Crippen molar-refractivity contribution in [2.24, 2.45) is 0 Å². The number of sulfonamides is 1. The largest absolute Gasteiger partial charge is 0.478 e. The molecule has 0 atom stereocenters. The van der Waals surface area contributed by atoms with Crippen LogP contribution in [0.2, 0.25) is 0 Å². The minimum atomic E-state index is -3.91. The Balaban J connectivity index is 2.05. The summed E-state index contributed by atoms with van der Waals surface area (Å²) in [6.07, 6.45) is 0. The SMILES string of the molecule is Cc1ccc(C(=O)O)cc1S(=O)(=O)N(Cc1ccccc1)Cc1ccccc1. The fourth-order valence-electron chi connectivity index (χ4n) is 2.95. The number of carboxylic acids is 1. The molecule has 3 rings (SSSR count). The van der Waals surface area contributed by atoms with Crippen molar-refractivity contribution in [1.82, 2.24) is 4.31 Å². The zero-order valence-electron chi connectivity index (χ0n) is 15.4. The standard InChI is InChI=1S/C22H21NO4S/c1-17-12-13-20(22(24)25)14-21(17)28(26,27)23(15-18-8-4-2-5-9-18)16-19-10-6-3-7-11-19/h2-14H,15-16H2,1H3,(H,24,25). The van der Waals surface area contributed by atoms with E-state index in [1.807, 2.05) is 60.7 Å². The van der Waals surface area contributed by atoms with Crippen LogP contribution in [0.15, 0.2) is 83.8 Å². The highest BCUT2D eigenvalue weighted by molar-refractivity contribution is 7.89. The Bertz CT molecular complexity index is 1020. The van der Waals surface area contributed by atoms with Crippen LogP contribution in [0.3, 0.4) is 0 Å². The molecule has 28 heavy (non-hydrogen) atoms. The average molecular weight is 395 g/mol. The van der Waals surface area contributed by atoms with Gasteiger partial charge in [-0.1, -0.05) is 66.7 Å². The number of benzene rings is 3. The number of nitrogens with zero attached hydrogens (tertiary/aromatic N) is 1. The van der Waals surface area contributed by atoms with Crippen molar-refractivity contribution in [2.75, 3.05) is 0 Å². The zero-order valence-corrected chi connectivity index (χ0v) is 16.3. The quantitative estimate of drug-likeness (QED) is 0.654. The van der Waals surface area contributed by atoms with Crippen LogP contribution in [0.4, 0.5) is 0 Å². The smallest absolute Gasteiger partial charge is 0.335 e. The van der Waals surface area contributed by atoms with E-state index in [1.54, 1.807) is 6.92 Å². The molecule has 6 heteroatoms. The maximum atomic E-state index is 13.5. The minimum absolute atomic E-state index is 0.0132. The molecular formula is C22H21NO4S. The lowest BCUT2D eigenvalue weighted by Gasteiger charge is -2.24. The van der Waals surface area contributed by atoms with Crippen LogP contribution in [-0.2, 0) is 23.1 Å². The van der Waals surface area contributed by atoms with Gasteiger partial charge in [0.1, 0.15) is 0 Å². The summed E-state index contributed by atoms with van der Waals surface area (Å²) in [6, 6.07) is 22.8. The normalized spacial score (nSPS) is 11.5. The van der Waals surface area contributed by atoms with E-state index in [1.165, 1.54) is 22.5 Å². The topological polar surface area (TPSA) is 74.7 Å². The van der Waals surface area contributed by atoms with E-state index in [9.17, 15) is 18.3 Å². The van der Waals surface area contributed by atoms with E-state index < -0.39 is 16.0 Å². The van der Waals surface area contributed by atoms with E-state index >= 15 is 0 Å². The van der Waals surface area contributed by atoms with Crippen LogP contribution in [0, 0.1) is 6.92 Å². The molecule has 0 radical (unpaired) electrons. The molecule has 144 valence electrons. The van der Waals surface area contributed by atoms with Crippen LogP contribution in [0.25, 0.3) is 0 Å². The molecule has 0 saturated heterocycles. The Kier molecular flexibility index (Phi) is 5.92. The summed E-state index contributed by atoms with van der Waals surface area (Å²) >= 11 is 0. The van der Waals surface area contributed by atoms with Gasteiger partial charge >= 0.3 is 5.97 Å². The molecule has 0 unspecified atom stereocenters. The van der Waals surface area contributed by atoms with Crippen molar-refractivity contribution >= 4 is 16.0 Å². The van der Waals surface area contributed by atoms with E-state index in [0.29, 0.717) is 5.56 Å². The molecule has 5 nitrogen and oxygen atoms in total. The number of carboxylic acid groups (broad SMARTS) is 1. The van der Waals surface area contributed by atoms with Crippen molar-refractivity contribution < 1.29 is 18.3 Å². The van der Waals surface area contributed by atoms with E-state index in [4.69, 9.17) is 0 Å². The first-order chi connectivity index (χ1) is 13.4. The van der Waals surface area contributed by atoms with Gasteiger partial charge in [-0.2, -0.15) is 4.31 Å². The second kappa shape index (κ2) is 8.37. The van der Waals surface area contributed by atoms with Gasteiger partial charge in [0, 0.05) is 13.1 Å². The first-order valence-corrected chi connectivity index (χ1v) is 10.2. The highest BCUT2D eigenvalue weighted by Crippen LogP contribution is 2.25. The van der Waals surface area contributed by atoms with Gasteiger partial charge in [-0.25, -0.2) is 13.2 Å². The third kappa shape index (κ3) is 4.47. The molecule has 0 aliphatic carbocycles. The Morgan fingerprint density at radius 2 is 1.36 bits per heavy atom. The summed E-state index contributed by atoms with van der Waals surface area (Å²) in [5.74, 6) is -1.16. The first kappa shape index (κ1) is 19.8. The number of carbonyl (C=O) groups is 1. The summed E-state index contributed by atoms with van der Waals surface area (Å²) in [7, 11) is -3.91. The van der Waals surface area contributed by atoms with Crippen LogP contribution < -0.4 is 0 Å². The van der Waals surface area contributed by atoms with Gasteiger partial charge in [-0.05, 0) is 35.7 Å². The lowest BCUT2D eigenvalue weighted by Crippen LogP contribution is -2.31. The van der Waals surface area contributed by atoms with E-state index in [0.717, 1.165) is 11.1 Å². The maximum absolute atomic E-state index is 13.5. The molecule has 0 amide bonds. The van der Waals surface area contributed by atoms with Gasteiger partial charge in [0.15, 0.2) is 0 Å². The Morgan fingerprint density at radius 3 is 1.82 bits per heavy atom. The molecule has 3 aromatic carbocycles. The molecule has 0 aliphatic heterocycles. The summed E-state index contributed by atoms with van der Waals surface area (Å²) in [4.78, 5) is 11.3. The monoisotopic (exact) mass is 395 g/mol. The summed E-state index contributed by atoms with van der Waals surface area (Å²) in [5.41, 5.74) is 2.17. The first-order valence-electron chi connectivity index (χ1n) is 8.80. The molecule has 0 heterocycles. The van der Waals surface area contributed by atoms with Crippen LogP contribution in [0.1, 0.15) is 27.0 Å². The van der Waals surface area contributed by atoms with Gasteiger partial charge in [0.2, 0.25) is 10.0 Å². The molecule has 0 bridgehead atoms. The number of hydrogen-bond donors (Lipinski definition) is 1. The molecule has 3 aromatic rings. The summed E-state index contributed by atoms with van der Waals surface area (Å²) in [6.45, 7) is 2.05. The molecule has 0 aliphatic rings. The highest BCUT2D eigenvalue weighted by Gasteiger charge is 2.27. The number of aryl methyl sites for hydroxylation is 1. The summed E-state index contributed by atoms with van der Waals surface area (Å²) < 4.78 is 28.3. The summed E-state index contributed by atoms with van der Waals surface area (Å²) in [5, 5.41) is 9.27. The second-order valence-electron chi connectivity index (χ2n) is 6.53. The Labute approximate surface area is 164 Å². The van der Waals surface area contributed by atoms with E-state index in [-0.39, 0.29) is 23.5 Å². The van der Waals surface area contributed by atoms with Crippen LogP contribution in [-0.4, -0.2) is 23.8 Å². The number of rotatable bonds is 7. The third-order valence-corrected chi connectivity index (χ3v) is 6.39. The van der Waals surface area contributed by atoms with Gasteiger partial charge in [0.05, 0.1) is 10.5 Å². The van der Waals surface area contributed by atoms with Gasteiger partial charge < -0.3 is 5.11 Å². The molecular weight excluding hydrogens is 374 g/mol. The fraction of sp³-hybridized carbons (Fsp3) is 0.136. The van der Waals surface area contributed by atoms with Crippen molar-refractivity contribution in [2.45, 2.75) is 24.9 Å². The third-order valence-electron chi connectivity index (χ3n) is 4.46. The van der Waals surface area contributed by atoms with Crippen molar-refractivity contribution in [3.05, 3.63) is 101 Å². The minimum Gasteiger partial charge on any atom is -0.478 e. The van der Waals surface area contributed by atoms with Gasteiger partial charge in [0.25, 0.3) is 0 Å². The van der Waals surface area contributed by atoms with Crippen molar-refractivity contribution in [3.63, 3.8) is 0 Å².